The Morgan fingerprint density at radius 1 is 1.21 bits per heavy atom. The second-order valence-electron chi connectivity index (χ2n) is 6.38. The first-order chi connectivity index (χ1) is 13.5. The van der Waals surface area contributed by atoms with E-state index in [0.29, 0.717) is 17.8 Å². The van der Waals surface area contributed by atoms with Crippen LogP contribution in [0, 0.1) is 11.6 Å². The van der Waals surface area contributed by atoms with Crippen LogP contribution in [0.3, 0.4) is 0 Å². The average Bonchev–Trinajstić information content (AvgIpc) is 3.09. The van der Waals surface area contributed by atoms with Crippen LogP contribution in [-0.4, -0.2) is 20.9 Å². The topological polar surface area (TPSA) is 69.0 Å². The summed E-state index contributed by atoms with van der Waals surface area (Å²) in [6.45, 7) is 0.597. The monoisotopic (exact) mass is 448 g/mol. The van der Waals surface area contributed by atoms with Crippen molar-refractivity contribution in [2.45, 2.75) is 25.8 Å². The Hall–Kier alpha value is -2.65. The molecular formula is C19H15BrF2N4O2. The molecule has 1 aliphatic rings. The number of hydrogen-bond donors (Lipinski definition) is 1. The van der Waals surface area contributed by atoms with Crippen molar-refractivity contribution in [1.29, 1.82) is 0 Å². The molecule has 0 saturated carbocycles. The molecule has 4 rings (SSSR count). The van der Waals surface area contributed by atoms with E-state index in [0.717, 1.165) is 28.2 Å². The lowest BCUT2D eigenvalue weighted by molar-refractivity contribution is -0.00177. The van der Waals surface area contributed by atoms with Crippen molar-refractivity contribution in [1.82, 2.24) is 20.3 Å². The van der Waals surface area contributed by atoms with Gasteiger partial charge in [0.15, 0.2) is 5.69 Å². The van der Waals surface area contributed by atoms with Gasteiger partial charge in [0.05, 0.1) is 18.8 Å². The van der Waals surface area contributed by atoms with E-state index in [9.17, 15) is 13.6 Å². The number of nitrogens with one attached hydrogen (secondary N) is 1. The maximum absolute atomic E-state index is 13.3. The summed E-state index contributed by atoms with van der Waals surface area (Å²) in [5.41, 5.74) is 2.03. The van der Waals surface area contributed by atoms with Crippen LogP contribution in [0.2, 0.25) is 0 Å². The number of rotatable bonds is 4. The van der Waals surface area contributed by atoms with E-state index in [1.165, 1.54) is 0 Å². The van der Waals surface area contributed by atoms with E-state index in [1.807, 2.05) is 24.3 Å². The van der Waals surface area contributed by atoms with Crippen molar-refractivity contribution >= 4 is 21.8 Å². The predicted molar refractivity (Wildman–Crippen MR) is 99.2 cm³/mol. The van der Waals surface area contributed by atoms with Gasteiger partial charge >= 0.3 is 0 Å². The molecule has 3 aromatic rings. The van der Waals surface area contributed by atoms with Crippen molar-refractivity contribution in [3.63, 3.8) is 0 Å². The molecule has 0 aliphatic carbocycles. The summed E-state index contributed by atoms with van der Waals surface area (Å²) in [5, 5.41) is 10.6. The molecule has 1 aliphatic heterocycles. The third kappa shape index (κ3) is 3.95. The minimum absolute atomic E-state index is 0.0256. The predicted octanol–water partition coefficient (Wildman–Crippen LogP) is 3.52. The zero-order valence-corrected chi connectivity index (χ0v) is 16.1. The summed E-state index contributed by atoms with van der Waals surface area (Å²) in [6.07, 6.45) is -0.187. The summed E-state index contributed by atoms with van der Waals surface area (Å²) < 4.78 is 35.0. The molecule has 9 heteroatoms. The van der Waals surface area contributed by atoms with Crippen molar-refractivity contribution in [3.05, 3.63) is 81.1 Å². The second kappa shape index (κ2) is 7.76. The van der Waals surface area contributed by atoms with Gasteiger partial charge in [0.2, 0.25) is 0 Å². The highest BCUT2D eigenvalue weighted by Gasteiger charge is 2.27. The summed E-state index contributed by atoms with van der Waals surface area (Å²) in [6, 6.07) is 10.9. The number of amides is 1. The van der Waals surface area contributed by atoms with E-state index < -0.39 is 17.5 Å². The number of benzene rings is 2. The molecule has 2 heterocycles. The molecule has 0 fully saturated rings. The minimum atomic E-state index is -0.697. The highest BCUT2D eigenvalue weighted by molar-refractivity contribution is 9.10. The summed E-state index contributed by atoms with van der Waals surface area (Å²) >= 11 is 3.40. The lowest BCUT2D eigenvalue weighted by Crippen LogP contribution is -2.27. The number of nitrogens with zero attached hydrogens (tertiary/aromatic N) is 3. The first kappa shape index (κ1) is 18.7. The van der Waals surface area contributed by atoms with Crippen LogP contribution in [-0.2, 0) is 24.4 Å². The van der Waals surface area contributed by atoms with Crippen LogP contribution in [0.15, 0.2) is 46.9 Å². The average molecular weight is 449 g/mol. The van der Waals surface area contributed by atoms with Gasteiger partial charge in [0, 0.05) is 17.1 Å². The maximum Gasteiger partial charge on any atom is 0.274 e. The van der Waals surface area contributed by atoms with Crippen molar-refractivity contribution in [3.8, 4) is 0 Å². The van der Waals surface area contributed by atoms with E-state index in [-0.39, 0.29) is 24.9 Å². The maximum atomic E-state index is 13.3. The second-order valence-corrected chi connectivity index (χ2v) is 7.29. The first-order valence-electron chi connectivity index (χ1n) is 8.52. The molecule has 28 heavy (non-hydrogen) atoms. The van der Waals surface area contributed by atoms with Crippen molar-refractivity contribution < 1.29 is 18.3 Å². The molecule has 0 spiro atoms. The molecular weight excluding hydrogens is 434 g/mol. The Bertz CT molecular complexity index is 1000. The largest absolute Gasteiger partial charge is 0.365 e. The van der Waals surface area contributed by atoms with Gasteiger partial charge in [0.1, 0.15) is 17.7 Å². The normalized spacial score (nSPS) is 15.9. The van der Waals surface area contributed by atoms with Gasteiger partial charge in [-0.1, -0.05) is 33.3 Å². The van der Waals surface area contributed by atoms with Gasteiger partial charge in [0.25, 0.3) is 5.91 Å². The number of carbonyl (C=O) groups excluding carboxylic acids is 1. The van der Waals surface area contributed by atoms with Gasteiger partial charge in [-0.2, -0.15) is 0 Å². The highest BCUT2D eigenvalue weighted by Crippen LogP contribution is 2.27. The number of fused-ring (bicyclic) bond motifs is 1. The third-order valence-corrected chi connectivity index (χ3v) is 4.96. The molecule has 1 N–H and O–H groups in total. The highest BCUT2D eigenvalue weighted by atomic mass is 79.9. The molecule has 0 radical (unpaired) electrons. The molecule has 1 atom stereocenters. The molecule has 2 aromatic carbocycles. The molecule has 0 saturated heterocycles. The number of halogens is 3. The fourth-order valence-corrected chi connectivity index (χ4v) is 3.31. The van der Waals surface area contributed by atoms with E-state index in [4.69, 9.17) is 4.74 Å². The van der Waals surface area contributed by atoms with E-state index >= 15 is 0 Å². The molecule has 1 amide bonds. The van der Waals surface area contributed by atoms with Crippen LogP contribution in [0.1, 0.15) is 33.4 Å². The lowest BCUT2D eigenvalue weighted by Gasteiger charge is -2.24. The Morgan fingerprint density at radius 3 is 2.64 bits per heavy atom. The summed E-state index contributed by atoms with van der Waals surface area (Å²) in [4.78, 5) is 12.4. The van der Waals surface area contributed by atoms with Gasteiger partial charge in [-0.3, -0.25) is 4.79 Å². The molecule has 0 unspecified atom stereocenters. The number of aromatic nitrogens is 3. The standard InChI is InChI=1S/C19H15BrF2N4O2/c20-13-3-1-12(2-4-13)17-9-26-16(10-28-17)18(24-25-26)19(27)23-8-11-5-14(21)7-15(22)6-11/h1-7,17H,8-10H2,(H,23,27)/t17-/m0/s1. The first-order valence-corrected chi connectivity index (χ1v) is 9.31. The fraction of sp³-hybridized carbons (Fsp3) is 0.211. The number of ether oxygens (including phenoxy) is 1. The lowest BCUT2D eigenvalue weighted by atomic mass is 10.1. The Kier molecular flexibility index (Phi) is 5.19. The molecule has 1 aromatic heterocycles. The third-order valence-electron chi connectivity index (χ3n) is 4.43. The zero-order valence-electron chi connectivity index (χ0n) is 14.5. The molecule has 144 valence electrons. The Labute approximate surface area is 167 Å². The van der Waals surface area contributed by atoms with Crippen LogP contribution >= 0.6 is 15.9 Å². The smallest absolute Gasteiger partial charge is 0.274 e. The Morgan fingerprint density at radius 2 is 1.93 bits per heavy atom. The van der Waals surface area contributed by atoms with Gasteiger partial charge < -0.3 is 10.1 Å². The molecule has 0 bridgehead atoms. The fourth-order valence-electron chi connectivity index (χ4n) is 3.05. The van der Waals surface area contributed by atoms with E-state index in [2.05, 4.69) is 31.6 Å². The number of carbonyl (C=O) groups is 1. The summed E-state index contributed by atoms with van der Waals surface area (Å²) in [7, 11) is 0. The van der Waals surface area contributed by atoms with Gasteiger partial charge in [-0.15, -0.1) is 5.10 Å². The molecule has 6 nitrogen and oxygen atoms in total. The SMILES string of the molecule is O=C(NCc1cc(F)cc(F)c1)c1nnn2c1CO[C@H](c1ccc(Br)cc1)C2. The quantitative estimate of drug-likeness (QED) is 0.662. The van der Waals surface area contributed by atoms with Gasteiger partial charge in [-0.25, -0.2) is 13.5 Å². The zero-order chi connectivity index (χ0) is 19.7. The van der Waals surface area contributed by atoms with Crippen LogP contribution in [0.5, 0.6) is 0 Å². The summed E-state index contributed by atoms with van der Waals surface area (Å²) in [5.74, 6) is -1.87. The number of hydrogen-bond acceptors (Lipinski definition) is 4. The van der Waals surface area contributed by atoms with Crippen molar-refractivity contribution in [2.75, 3.05) is 0 Å². The van der Waals surface area contributed by atoms with Crippen molar-refractivity contribution in [2.24, 2.45) is 0 Å². The van der Waals surface area contributed by atoms with Crippen LogP contribution < -0.4 is 5.32 Å². The minimum Gasteiger partial charge on any atom is -0.365 e. The Balaban J connectivity index is 1.45. The van der Waals surface area contributed by atoms with Crippen LogP contribution in [0.4, 0.5) is 8.78 Å². The van der Waals surface area contributed by atoms with Crippen LogP contribution in [0.25, 0.3) is 0 Å². The van der Waals surface area contributed by atoms with Gasteiger partial charge in [-0.05, 0) is 35.4 Å². The van der Waals surface area contributed by atoms with E-state index in [1.54, 1.807) is 4.68 Å².